The van der Waals surface area contributed by atoms with Crippen LogP contribution in [-0.2, 0) is 4.79 Å². The number of nitrogens with one attached hydrogen (secondary N) is 2. The summed E-state index contributed by atoms with van der Waals surface area (Å²) in [7, 11) is 1.62. The van der Waals surface area contributed by atoms with Crippen molar-refractivity contribution in [3.05, 3.63) is 54.1 Å². The van der Waals surface area contributed by atoms with Crippen LogP contribution >= 0.6 is 11.8 Å². The van der Waals surface area contributed by atoms with Crippen molar-refractivity contribution in [1.29, 1.82) is 0 Å². The Bertz CT molecular complexity index is 968. The average Bonchev–Trinajstić information content (AvgIpc) is 3.22. The SMILES string of the molecule is CCCC(=O)Nc1ccc(C(=O)CSc2n[nH]c(-c3ccc(OC)cc3)n2)cc1. The zero-order valence-electron chi connectivity index (χ0n) is 16.3. The number of carbonyl (C=O) groups is 2. The van der Waals surface area contributed by atoms with Crippen molar-refractivity contribution in [3.63, 3.8) is 0 Å². The number of carbonyl (C=O) groups excluding carboxylic acids is 2. The number of H-pyrrole nitrogens is 1. The van der Waals surface area contributed by atoms with Crippen molar-refractivity contribution in [2.75, 3.05) is 18.2 Å². The highest BCUT2D eigenvalue weighted by atomic mass is 32.2. The first-order valence-electron chi connectivity index (χ1n) is 9.21. The van der Waals surface area contributed by atoms with E-state index >= 15 is 0 Å². The second kappa shape index (κ2) is 9.88. The van der Waals surface area contributed by atoms with Crippen LogP contribution in [0.4, 0.5) is 5.69 Å². The molecule has 1 aromatic heterocycles. The normalized spacial score (nSPS) is 10.6. The van der Waals surface area contributed by atoms with Gasteiger partial charge in [0.15, 0.2) is 11.6 Å². The summed E-state index contributed by atoms with van der Waals surface area (Å²) >= 11 is 1.27. The summed E-state index contributed by atoms with van der Waals surface area (Å²) in [6.07, 6.45) is 1.27. The fourth-order valence-corrected chi connectivity index (χ4v) is 3.29. The fraction of sp³-hybridized carbons (Fsp3) is 0.238. The van der Waals surface area contributed by atoms with E-state index < -0.39 is 0 Å². The molecule has 1 amide bonds. The van der Waals surface area contributed by atoms with E-state index in [2.05, 4.69) is 20.5 Å². The number of benzene rings is 2. The minimum atomic E-state index is -0.0303. The standard InChI is InChI=1S/C21H22N4O3S/c1-3-4-19(27)22-16-9-5-14(6-10-16)18(26)13-29-21-23-20(24-25-21)15-7-11-17(28-2)12-8-15/h5-12H,3-4,13H2,1-2H3,(H,22,27)(H,23,24,25). The van der Waals surface area contributed by atoms with Gasteiger partial charge in [-0.25, -0.2) is 4.98 Å². The van der Waals surface area contributed by atoms with Gasteiger partial charge in [0.25, 0.3) is 0 Å². The predicted molar refractivity (Wildman–Crippen MR) is 113 cm³/mol. The molecule has 29 heavy (non-hydrogen) atoms. The van der Waals surface area contributed by atoms with Crippen LogP contribution < -0.4 is 10.1 Å². The zero-order chi connectivity index (χ0) is 20.6. The lowest BCUT2D eigenvalue weighted by molar-refractivity contribution is -0.116. The molecule has 3 rings (SSSR count). The number of Topliss-reactive ketones (excluding diaryl/α,β-unsaturated/α-hetero) is 1. The smallest absolute Gasteiger partial charge is 0.224 e. The van der Waals surface area contributed by atoms with Crippen molar-refractivity contribution in [2.24, 2.45) is 0 Å². The van der Waals surface area contributed by atoms with Gasteiger partial charge in [0.1, 0.15) is 5.75 Å². The maximum absolute atomic E-state index is 12.4. The Kier molecular flexibility index (Phi) is 7.02. The summed E-state index contributed by atoms with van der Waals surface area (Å²) in [5.41, 5.74) is 2.15. The molecule has 7 nitrogen and oxygen atoms in total. The summed E-state index contributed by atoms with van der Waals surface area (Å²) < 4.78 is 5.15. The molecule has 0 aliphatic heterocycles. The Balaban J connectivity index is 1.55. The molecule has 2 aromatic carbocycles. The van der Waals surface area contributed by atoms with Gasteiger partial charge < -0.3 is 10.1 Å². The molecular weight excluding hydrogens is 388 g/mol. The second-order valence-corrected chi connectivity index (χ2v) is 7.22. The van der Waals surface area contributed by atoms with E-state index in [1.54, 1.807) is 31.4 Å². The summed E-state index contributed by atoms with van der Waals surface area (Å²) in [5.74, 6) is 1.57. The lowest BCUT2D eigenvalue weighted by Gasteiger charge is -2.05. The third-order valence-electron chi connectivity index (χ3n) is 4.13. The van der Waals surface area contributed by atoms with Crippen LogP contribution in [0.1, 0.15) is 30.1 Å². The van der Waals surface area contributed by atoms with Crippen LogP contribution in [0.2, 0.25) is 0 Å². The fourth-order valence-electron chi connectivity index (χ4n) is 2.59. The van der Waals surface area contributed by atoms with Crippen molar-refractivity contribution in [1.82, 2.24) is 15.2 Å². The molecule has 0 radical (unpaired) electrons. The van der Waals surface area contributed by atoms with Crippen LogP contribution in [0.3, 0.4) is 0 Å². The van der Waals surface area contributed by atoms with Crippen LogP contribution in [0, 0.1) is 0 Å². The molecule has 0 spiro atoms. The van der Waals surface area contributed by atoms with E-state index in [9.17, 15) is 9.59 Å². The molecule has 1 heterocycles. The van der Waals surface area contributed by atoms with Crippen LogP contribution in [0.15, 0.2) is 53.7 Å². The van der Waals surface area contributed by atoms with E-state index in [1.807, 2.05) is 31.2 Å². The monoisotopic (exact) mass is 410 g/mol. The number of anilines is 1. The highest BCUT2D eigenvalue weighted by molar-refractivity contribution is 7.99. The molecule has 0 saturated carbocycles. The lowest BCUT2D eigenvalue weighted by atomic mass is 10.1. The maximum Gasteiger partial charge on any atom is 0.224 e. The molecule has 0 atom stereocenters. The second-order valence-electron chi connectivity index (χ2n) is 6.28. The third kappa shape index (κ3) is 5.68. The summed E-state index contributed by atoms with van der Waals surface area (Å²) in [6, 6.07) is 14.4. The zero-order valence-corrected chi connectivity index (χ0v) is 17.1. The number of hydrogen-bond donors (Lipinski definition) is 2. The first kappa shape index (κ1) is 20.6. The number of aromatic amines is 1. The maximum atomic E-state index is 12.4. The van der Waals surface area contributed by atoms with Gasteiger partial charge in [-0.1, -0.05) is 18.7 Å². The largest absolute Gasteiger partial charge is 0.497 e. The molecular formula is C21H22N4O3S. The van der Waals surface area contributed by atoms with Gasteiger partial charge in [0, 0.05) is 23.2 Å². The first-order chi connectivity index (χ1) is 14.1. The summed E-state index contributed by atoms with van der Waals surface area (Å²) in [6.45, 7) is 1.95. The van der Waals surface area contributed by atoms with Crippen molar-refractivity contribution < 1.29 is 14.3 Å². The van der Waals surface area contributed by atoms with Crippen molar-refractivity contribution in [3.8, 4) is 17.1 Å². The molecule has 0 bridgehead atoms. The molecule has 150 valence electrons. The van der Waals surface area contributed by atoms with Crippen LogP contribution in [0.5, 0.6) is 5.75 Å². The molecule has 0 aliphatic rings. The topological polar surface area (TPSA) is 97.0 Å². The van der Waals surface area contributed by atoms with E-state index in [1.165, 1.54) is 11.8 Å². The number of thioether (sulfide) groups is 1. The Labute approximate surface area is 173 Å². The van der Waals surface area contributed by atoms with Gasteiger partial charge in [-0.2, -0.15) is 0 Å². The van der Waals surface area contributed by atoms with Crippen LogP contribution in [0.25, 0.3) is 11.4 Å². The van der Waals surface area contributed by atoms with Crippen molar-refractivity contribution >= 4 is 29.1 Å². The molecule has 0 fully saturated rings. The van der Waals surface area contributed by atoms with Gasteiger partial charge in [-0.05, 0) is 55.0 Å². The number of aromatic nitrogens is 3. The minimum Gasteiger partial charge on any atom is -0.497 e. The van der Waals surface area contributed by atoms with E-state index in [0.717, 1.165) is 17.7 Å². The Hall–Kier alpha value is -3.13. The molecule has 0 aliphatic carbocycles. The van der Waals surface area contributed by atoms with E-state index in [-0.39, 0.29) is 17.4 Å². The highest BCUT2D eigenvalue weighted by Gasteiger charge is 2.11. The third-order valence-corrected chi connectivity index (χ3v) is 4.98. The quantitative estimate of drug-likeness (QED) is 0.405. The Morgan fingerprint density at radius 3 is 2.48 bits per heavy atom. The molecule has 3 aromatic rings. The molecule has 8 heteroatoms. The van der Waals surface area contributed by atoms with E-state index in [4.69, 9.17) is 4.74 Å². The number of amides is 1. The molecule has 0 saturated heterocycles. The predicted octanol–water partition coefficient (Wildman–Crippen LogP) is 4.19. The van der Waals surface area contributed by atoms with Crippen LogP contribution in [-0.4, -0.2) is 39.7 Å². The number of hydrogen-bond acceptors (Lipinski definition) is 6. The first-order valence-corrected chi connectivity index (χ1v) is 10.2. The average molecular weight is 410 g/mol. The van der Waals surface area contributed by atoms with E-state index in [0.29, 0.717) is 28.7 Å². The van der Waals surface area contributed by atoms with Gasteiger partial charge >= 0.3 is 0 Å². The number of ketones is 1. The highest BCUT2D eigenvalue weighted by Crippen LogP contribution is 2.22. The summed E-state index contributed by atoms with van der Waals surface area (Å²) in [4.78, 5) is 28.5. The van der Waals surface area contributed by atoms with Crippen molar-refractivity contribution in [2.45, 2.75) is 24.9 Å². The number of rotatable bonds is 9. The van der Waals surface area contributed by atoms with Gasteiger partial charge in [-0.15, -0.1) is 5.10 Å². The minimum absolute atomic E-state index is 0.0283. The number of nitrogens with zero attached hydrogens (tertiary/aromatic N) is 2. The Morgan fingerprint density at radius 2 is 1.83 bits per heavy atom. The van der Waals surface area contributed by atoms with Gasteiger partial charge in [0.2, 0.25) is 11.1 Å². The summed E-state index contributed by atoms with van der Waals surface area (Å²) in [5, 5.41) is 10.4. The molecule has 0 unspecified atom stereocenters. The lowest BCUT2D eigenvalue weighted by Crippen LogP contribution is -2.10. The van der Waals surface area contributed by atoms with Gasteiger partial charge in [0.05, 0.1) is 12.9 Å². The number of methoxy groups -OCH3 is 1. The molecule has 2 N–H and O–H groups in total. The van der Waals surface area contributed by atoms with Gasteiger partial charge in [-0.3, -0.25) is 14.7 Å². The number of ether oxygens (including phenoxy) is 1. The Morgan fingerprint density at radius 1 is 1.10 bits per heavy atom.